The third-order valence-electron chi connectivity index (χ3n) is 2.97. The number of aliphatic hydroxyl groups excluding tert-OH is 1. The second-order valence-electron chi connectivity index (χ2n) is 4.51. The van der Waals surface area contributed by atoms with Gasteiger partial charge in [0.15, 0.2) is 0 Å². The van der Waals surface area contributed by atoms with Crippen LogP contribution in [-0.4, -0.2) is 24.1 Å². The molecular formula is C15H18N2O2S. The number of amides is 1. The summed E-state index contributed by atoms with van der Waals surface area (Å²) in [6.07, 6.45) is 0.320. The van der Waals surface area contributed by atoms with Crippen LogP contribution in [0.15, 0.2) is 42.5 Å². The Labute approximate surface area is 122 Å². The van der Waals surface area contributed by atoms with Crippen molar-refractivity contribution in [1.29, 1.82) is 0 Å². The summed E-state index contributed by atoms with van der Waals surface area (Å²) in [5, 5.41) is 13.2. The van der Waals surface area contributed by atoms with Crippen LogP contribution >= 0.6 is 11.3 Å². The number of nitrogens with one attached hydrogen (secondary N) is 1. The highest BCUT2D eigenvalue weighted by Crippen LogP contribution is 2.16. The molecule has 0 fully saturated rings. The molecule has 1 aromatic carbocycles. The van der Waals surface area contributed by atoms with Gasteiger partial charge in [-0.1, -0.05) is 30.3 Å². The van der Waals surface area contributed by atoms with Crippen molar-refractivity contribution in [2.24, 2.45) is 5.73 Å². The van der Waals surface area contributed by atoms with Crippen LogP contribution < -0.4 is 11.1 Å². The Morgan fingerprint density at radius 1 is 1.25 bits per heavy atom. The second-order valence-corrected chi connectivity index (χ2v) is 5.68. The quantitative estimate of drug-likeness (QED) is 0.680. The second kappa shape index (κ2) is 7.19. The summed E-state index contributed by atoms with van der Waals surface area (Å²) in [7, 11) is 0. The van der Waals surface area contributed by atoms with Gasteiger partial charge in [0.05, 0.1) is 11.0 Å². The van der Waals surface area contributed by atoms with Gasteiger partial charge in [-0.25, -0.2) is 0 Å². The molecule has 4 nitrogen and oxygen atoms in total. The van der Waals surface area contributed by atoms with Gasteiger partial charge < -0.3 is 16.2 Å². The molecule has 0 saturated heterocycles. The van der Waals surface area contributed by atoms with Crippen LogP contribution in [0.2, 0.25) is 0 Å². The van der Waals surface area contributed by atoms with Gasteiger partial charge >= 0.3 is 0 Å². The van der Waals surface area contributed by atoms with Crippen LogP contribution in [0.4, 0.5) is 0 Å². The number of rotatable bonds is 7. The topological polar surface area (TPSA) is 75.4 Å². The molecule has 1 unspecified atom stereocenters. The van der Waals surface area contributed by atoms with Crippen molar-refractivity contribution in [1.82, 2.24) is 5.32 Å². The van der Waals surface area contributed by atoms with Crippen molar-refractivity contribution >= 4 is 17.2 Å². The summed E-state index contributed by atoms with van der Waals surface area (Å²) in [6, 6.07) is 13.2. The van der Waals surface area contributed by atoms with Gasteiger partial charge in [0, 0.05) is 18.0 Å². The van der Waals surface area contributed by atoms with Crippen molar-refractivity contribution in [3.8, 4) is 0 Å². The first kappa shape index (κ1) is 14.7. The van der Waals surface area contributed by atoms with Crippen molar-refractivity contribution in [2.45, 2.75) is 12.5 Å². The maximum absolute atomic E-state index is 11.0. The fourth-order valence-electron chi connectivity index (χ4n) is 1.89. The normalized spacial score (nSPS) is 12.2. The summed E-state index contributed by atoms with van der Waals surface area (Å²) in [6.45, 7) is 1.26. The van der Waals surface area contributed by atoms with Gasteiger partial charge in [-0.15, -0.1) is 11.3 Å². The molecule has 5 heteroatoms. The zero-order valence-electron chi connectivity index (χ0n) is 11.1. The predicted octanol–water partition coefficient (Wildman–Crippen LogP) is 1.71. The Bertz CT molecular complexity index is 554. The van der Waals surface area contributed by atoms with E-state index in [1.807, 2.05) is 36.4 Å². The molecule has 1 atom stereocenters. The Morgan fingerprint density at radius 3 is 2.65 bits per heavy atom. The predicted molar refractivity (Wildman–Crippen MR) is 80.8 cm³/mol. The molecule has 2 rings (SSSR count). The van der Waals surface area contributed by atoms with E-state index in [0.29, 0.717) is 11.4 Å². The third-order valence-corrected chi connectivity index (χ3v) is 4.13. The lowest BCUT2D eigenvalue weighted by Crippen LogP contribution is -2.23. The molecule has 0 aliphatic carbocycles. The van der Waals surface area contributed by atoms with E-state index in [9.17, 15) is 9.90 Å². The lowest BCUT2D eigenvalue weighted by Gasteiger charge is -2.11. The molecule has 0 aliphatic rings. The van der Waals surface area contributed by atoms with Gasteiger partial charge in [-0.3, -0.25) is 4.79 Å². The summed E-state index contributed by atoms with van der Waals surface area (Å²) >= 11 is 1.42. The molecule has 0 bridgehead atoms. The monoisotopic (exact) mass is 290 g/mol. The zero-order valence-corrected chi connectivity index (χ0v) is 11.9. The van der Waals surface area contributed by atoms with Gasteiger partial charge in [0.2, 0.25) is 0 Å². The minimum absolute atomic E-state index is 0.381. The Balaban J connectivity index is 1.72. The number of hydrogen-bond acceptors (Lipinski definition) is 4. The molecule has 1 amide bonds. The first-order valence-electron chi connectivity index (χ1n) is 6.49. The molecule has 1 aromatic heterocycles. The van der Waals surface area contributed by atoms with Crippen molar-refractivity contribution in [3.05, 3.63) is 57.8 Å². The van der Waals surface area contributed by atoms with E-state index >= 15 is 0 Å². The fraction of sp³-hybridized carbons (Fsp3) is 0.267. The minimum atomic E-state index is -0.499. The molecular weight excluding hydrogens is 272 g/mol. The summed E-state index contributed by atoms with van der Waals surface area (Å²) < 4.78 is 0. The molecule has 20 heavy (non-hydrogen) atoms. The van der Waals surface area contributed by atoms with Crippen LogP contribution in [0.25, 0.3) is 0 Å². The summed E-state index contributed by atoms with van der Waals surface area (Å²) in [5.74, 6) is -0.381. The average molecular weight is 290 g/mol. The molecule has 0 aliphatic heterocycles. The molecule has 2 aromatic rings. The largest absolute Gasteiger partial charge is 0.387 e. The number of thiophene rings is 1. The van der Waals surface area contributed by atoms with E-state index in [4.69, 9.17) is 5.73 Å². The highest BCUT2D eigenvalue weighted by molar-refractivity contribution is 7.14. The molecule has 106 valence electrons. The lowest BCUT2D eigenvalue weighted by molar-refractivity contribution is 0.100. The van der Waals surface area contributed by atoms with Crippen LogP contribution in [0.5, 0.6) is 0 Å². The molecule has 0 spiro atoms. The SMILES string of the molecule is NC(=O)c1ccc(CCNCC(O)c2ccccc2)s1. The van der Waals surface area contributed by atoms with E-state index in [-0.39, 0.29) is 5.91 Å². The highest BCUT2D eigenvalue weighted by Gasteiger charge is 2.07. The van der Waals surface area contributed by atoms with Crippen LogP contribution in [0.3, 0.4) is 0 Å². The van der Waals surface area contributed by atoms with Crippen molar-refractivity contribution < 1.29 is 9.90 Å². The molecule has 0 radical (unpaired) electrons. The van der Waals surface area contributed by atoms with E-state index < -0.39 is 6.10 Å². The number of primary amides is 1. The number of hydrogen-bond donors (Lipinski definition) is 3. The number of carbonyl (C=O) groups is 1. The Morgan fingerprint density at radius 2 is 2.00 bits per heavy atom. The van der Waals surface area contributed by atoms with Crippen LogP contribution in [0, 0.1) is 0 Å². The standard InChI is InChI=1S/C15H18N2O2S/c16-15(19)14-7-6-12(20-14)8-9-17-10-13(18)11-4-2-1-3-5-11/h1-7,13,17-18H,8-10H2,(H2,16,19). The first-order valence-corrected chi connectivity index (χ1v) is 7.30. The van der Waals surface area contributed by atoms with Gasteiger partial charge in [-0.2, -0.15) is 0 Å². The zero-order chi connectivity index (χ0) is 14.4. The van der Waals surface area contributed by atoms with Gasteiger partial charge in [-0.05, 0) is 24.1 Å². The van der Waals surface area contributed by atoms with E-state index in [2.05, 4.69) is 5.32 Å². The summed E-state index contributed by atoms with van der Waals surface area (Å²) in [4.78, 5) is 12.7. The Hall–Kier alpha value is -1.69. The number of nitrogens with two attached hydrogens (primary N) is 1. The molecule has 1 heterocycles. The average Bonchev–Trinajstić information content (AvgIpc) is 2.93. The highest BCUT2D eigenvalue weighted by atomic mass is 32.1. The van der Waals surface area contributed by atoms with Crippen molar-refractivity contribution in [2.75, 3.05) is 13.1 Å². The molecule has 0 saturated carbocycles. The first-order chi connectivity index (χ1) is 9.66. The van der Waals surface area contributed by atoms with E-state index in [0.717, 1.165) is 23.4 Å². The maximum Gasteiger partial charge on any atom is 0.258 e. The van der Waals surface area contributed by atoms with E-state index in [1.165, 1.54) is 11.3 Å². The fourth-order valence-corrected chi connectivity index (χ4v) is 2.75. The van der Waals surface area contributed by atoms with Crippen LogP contribution in [-0.2, 0) is 6.42 Å². The third kappa shape index (κ3) is 4.16. The molecule has 4 N–H and O–H groups in total. The maximum atomic E-state index is 11.0. The Kier molecular flexibility index (Phi) is 5.29. The van der Waals surface area contributed by atoms with Crippen molar-refractivity contribution in [3.63, 3.8) is 0 Å². The smallest absolute Gasteiger partial charge is 0.258 e. The minimum Gasteiger partial charge on any atom is -0.387 e. The van der Waals surface area contributed by atoms with Crippen LogP contribution in [0.1, 0.15) is 26.2 Å². The summed E-state index contributed by atoms with van der Waals surface area (Å²) in [5.41, 5.74) is 6.12. The van der Waals surface area contributed by atoms with Gasteiger partial charge in [0.25, 0.3) is 5.91 Å². The van der Waals surface area contributed by atoms with E-state index in [1.54, 1.807) is 6.07 Å². The lowest BCUT2D eigenvalue weighted by atomic mass is 10.1. The number of aliphatic hydroxyl groups is 1. The number of benzene rings is 1. The number of carbonyl (C=O) groups excluding carboxylic acids is 1. The van der Waals surface area contributed by atoms with Gasteiger partial charge in [0.1, 0.15) is 0 Å².